The molecule has 0 saturated carbocycles. The Morgan fingerprint density at radius 3 is 1.44 bits per heavy atom. The highest BCUT2D eigenvalue weighted by Crippen LogP contribution is 2.57. The number of esters is 2. The van der Waals surface area contributed by atoms with Gasteiger partial charge in [0.1, 0.15) is 24.0 Å². The van der Waals surface area contributed by atoms with Crippen LogP contribution in [0.5, 0.6) is 0 Å². The molecule has 0 amide bonds. The molecular weight excluding hydrogens is 376 g/mol. The molecule has 2 aliphatic rings. The third kappa shape index (κ3) is 4.82. The highest BCUT2D eigenvalue weighted by atomic mass is 32.2. The minimum absolute atomic E-state index is 0.0186. The number of fused-ring (bicyclic) bond motifs is 2. The van der Waals surface area contributed by atoms with E-state index in [-0.39, 0.29) is 22.3 Å². The van der Waals surface area contributed by atoms with E-state index < -0.39 is 47.9 Å². The summed E-state index contributed by atoms with van der Waals surface area (Å²) < 4.78 is 11.0. The van der Waals surface area contributed by atoms with Gasteiger partial charge in [-0.15, -0.1) is 11.8 Å². The maximum Gasteiger partial charge on any atom is 0.317 e. The summed E-state index contributed by atoms with van der Waals surface area (Å²) in [5, 5.41) is 17.6. The van der Waals surface area contributed by atoms with Crippen LogP contribution in [0.2, 0.25) is 0 Å². The molecule has 0 aromatic heterocycles. The van der Waals surface area contributed by atoms with Gasteiger partial charge in [-0.3, -0.25) is 19.2 Å². The predicted molar refractivity (Wildman–Crippen MR) is 96.1 cm³/mol. The highest BCUT2D eigenvalue weighted by molar-refractivity contribution is 8.01. The standard InChI is InChI=1S/C18H24O8S/c1-17(2,25-13(23)7-11(19)20)15-9-5-6-10(27-9)16(15)18(3,4)26-14(24)8-12(21)22/h5-6,9-10,15-16H,7-8H2,1-4H3,(H,19,20)(H,21,22). The van der Waals surface area contributed by atoms with Crippen molar-refractivity contribution in [1.82, 2.24) is 0 Å². The Hall–Kier alpha value is -2.03. The van der Waals surface area contributed by atoms with Gasteiger partial charge in [-0.1, -0.05) is 12.2 Å². The van der Waals surface area contributed by atoms with E-state index in [0.29, 0.717) is 0 Å². The summed E-state index contributed by atoms with van der Waals surface area (Å²) >= 11 is 1.66. The molecule has 2 rings (SSSR count). The molecule has 0 radical (unpaired) electrons. The lowest BCUT2D eigenvalue weighted by Gasteiger charge is -2.45. The molecule has 0 aliphatic carbocycles. The fourth-order valence-corrected chi connectivity index (χ4v) is 6.06. The van der Waals surface area contributed by atoms with Crippen LogP contribution >= 0.6 is 11.8 Å². The van der Waals surface area contributed by atoms with Crippen molar-refractivity contribution < 1.29 is 38.9 Å². The van der Waals surface area contributed by atoms with Crippen molar-refractivity contribution in [2.75, 3.05) is 0 Å². The van der Waals surface area contributed by atoms with Crippen LogP contribution in [-0.2, 0) is 28.7 Å². The van der Waals surface area contributed by atoms with E-state index in [1.165, 1.54) is 0 Å². The second-order valence-electron chi connectivity index (χ2n) is 7.80. The van der Waals surface area contributed by atoms with E-state index in [1.807, 2.05) is 12.2 Å². The normalized spacial score (nSPS) is 26.7. The van der Waals surface area contributed by atoms with Crippen molar-refractivity contribution >= 4 is 35.6 Å². The summed E-state index contributed by atoms with van der Waals surface area (Å²) in [5.41, 5.74) is -1.99. The topological polar surface area (TPSA) is 127 Å². The smallest absolute Gasteiger partial charge is 0.317 e. The molecule has 27 heavy (non-hydrogen) atoms. The van der Waals surface area contributed by atoms with Crippen LogP contribution in [0.3, 0.4) is 0 Å². The first-order valence-electron chi connectivity index (χ1n) is 8.54. The number of hydrogen-bond donors (Lipinski definition) is 2. The van der Waals surface area contributed by atoms with Gasteiger partial charge in [-0.05, 0) is 27.7 Å². The van der Waals surface area contributed by atoms with Gasteiger partial charge in [0, 0.05) is 22.3 Å². The molecule has 2 aliphatic heterocycles. The molecular formula is C18H24O8S. The minimum Gasteiger partial charge on any atom is -0.481 e. The van der Waals surface area contributed by atoms with E-state index in [9.17, 15) is 19.2 Å². The molecule has 2 bridgehead atoms. The number of carboxylic acids is 2. The molecule has 150 valence electrons. The number of carbonyl (C=O) groups is 4. The predicted octanol–water partition coefficient (Wildman–Crippen LogP) is 1.87. The van der Waals surface area contributed by atoms with Gasteiger partial charge in [0.2, 0.25) is 0 Å². The van der Waals surface area contributed by atoms with E-state index in [2.05, 4.69) is 0 Å². The first kappa shape index (κ1) is 21.3. The lowest BCUT2D eigenvalue weighted by molar-refractivity contribution is -0.180. The average molecular weight is 400 g/mol. The quantitative estimate of drug-likeness (QED) is 0.356. The summed E-state index contributed by atoms with van der Waals surface area (Å²) in [7, 11) is 0. The number of thioether (sulfide) groups is 1. The summed E-state index contributed by atoms with van der Waals surface area (Å²) in [6.07, 6.45) is 2.57. The molecule has 0 spiro atoms. The molecule has 2 N–H and O–H groups in total. The zero-order valence-electron chi connectivity index (χ0n) is 15.6. The Balaban J connectivity index is 2.22. The van der Waals surface area contributed by atoms with Crippen LogP contribution in [0, 0.1) is 11.8 Å². The molecule has 0 aromatic carbocycles. The van der Waals surface area contributed by atoms with E-state index in [4.69, 9.17) is 19.7 Å². The van der Waals surface area contributed by atoms with Crippen molar-refractivity contribution in [3.05, 3.63) is 12.2 Å². The van der Waals surface area contributed by atoms with Crippen molar-refractivity contribution in [1.29, 1.82) is 0 Å². The summed E-state index contributed by atoms with van der Waals surface area (Å²) in [4.78, 5) is 45.3. The van der Waals surface area contributed by atoms with E-state index in [1.54, 1.807) is 39.5 Å². The Labute approximate surface area is 161 Å². The maximum atomic E-state index is 11.9. The number of rotatable bonds is 8. The summed E-state index contributed by atoms with van der Waals surface area (Å²) in [6.45, 7) is 6.87. The van der Waals surface area contributed by atoms with Crippen molar-refractivity contribution in [2.24, 2.45) is 11.8 Å². The molecule has 4 atom stereocenters. The van der Waals surface area contributed by atoms with E-state index >= 15 is 0 Å². The van der Waals surface area contributed by atoms with Gasteiger partial charge in [0.05, 0.1) is 0 Å². The molecule has 1 saturated heterocycles. The molecule has 9 heteroatoms. The van der Waals surface area contributed by atoms with Crippen LogP contribution in [-0.4, -0.2) is 55.8 Å². The number of hydrogen-bond acceptors (Lipinski definition) is 7. The van der Waals surface area contributed by atoms with Gasteiger partial charge in [-0.2, -0.15) is 0 Å². The van der Waals surface area contributed by atoms with Crippen LogP contribution < -0.4 is 0 Å². The summed E-state index contributed by atoms with van der Waals surface area (Å²) in [6, 6.07) is 0. The third-order valence-electron chi connectivity index (χ3n) is 4.85. The average Bonchev–Trinajstić information content (AvgIpc) is 3.04. The number of carbonyl (C=O) groups excluding carboxylic acids is 2. The number of carboxylic acid groups (broad SMARTS) is 2. The zero-order chi connectivity index (χ0) is 20.6. The molecule has 4 unspecified atom stereocenters. The van der Waals surface area contributed by atoms with Crippen molar-refractivity contribution in [3.63, 3.8) is 0 Å². The first-order chi connectivity index (χ1) is 12.3. The first-order valence-corrected chi connectivity index (χ1v) is 9.49. The van der Waals surface area contributed by atoms with Gasteiger partial charge in [-0.25, -0.2) is 0 Å². The monoisotopic (exact) mass is 400 g/mol. The van der Waals surface area contributed by atoms with Crippen LogP contribution in [0.4, 0.5) is 0 Å². The molecule has 1 fully saturated rings. The highest BCUT2D eigenvalue weighted by Gasteiger charge is 2.59. The van der Waals surface area contributed by atoms with Crippen molar-refractivity contribution in [2.45, 2.75) is 62.2 Å². The third-order valence-corrected chi connectivity index (χ3v) is 6.38. The lowest BCUT2D eigenvalue weighted by atomic mass is 9.67. The van der Waals surface area contributed by atoms with Gasteiger partial charge in [0.25, 0.3) is 0 Å². The van der Waals surface area contributed by atoms with Gasteiger partial charge >= 0.3 is 23.9 Å². The van der Waals surface area contributed by atoms with Gasteiger partial charge < -0.3 is 19.7 Å². The largest absolute Gasteiger partial charge is 0.481 e. The Morgan fingerprint density at radius 2 is 1.15 bits per heavy atom. The summed E-state index contributed by atoms with van der Waals surface area (Å²) in [5.74, 6) is -4.66. The lowest BCUT2D eigenvalue weighted by Crippen LogP contribution is -2.53. The van der Waals surface area contributed by atoms with Crippen LogP contribution in [0.15, 0.2) is 12.2 Å². The second kappa shape index (κ2) is 7.53. The number of ether oxygens (including phenoxy) is 2. The maximum absolute atomic E-state index is 11.9. The molecule has 2 heterocycles. The molecule has 8 nitrogen and oxygen atoms in total. The zero-order valence-corrected chi connectivity index (χ0v) is 16.4. The fourth-order valence-electron chi connectivity index (χ4n) is 4.01. The number of aliphatic carboxylic acids is 2. The van der Waals surface area contributed by atoms with Crippen LogP contribution in [0.25, 0.3) is 0 Å². The SMILES string of the molecule is CC(C)(OC(=O)CC(=O)O)C1C2C=CC(S2)C1C(C)(C)OC(=O)CC(=O)O. The fraction of sp³-hybridized carbons (Fsp3) is 0.667. The minimum atomic E-state index is -1.27. The van der Waals surface area contributed by atoms with Gasteiger partial charge in [0.15, 0.2) is 0 Å². The molecule has 0 aromatic rings. The van der Waals surface area contributed by atoms with E-state index in [0.717, 1.165) is 0 Å². The second-order valence-corrected chi connectivity index (χ2v) is 9.16. The van der Waals surface area contributed by atoms with Crippen LogP contribution in [0.1, 0.15) is 40.5 Å². The Bertz CT molecular complexity index is 625. The van der Waals surface area contributed by atoms with Crippen molar-refractivity contribution in [3.8, 4) is 0 Å². The Kier molecular flexibility index (Phi) is 5.94. The Morgan fingerprint density at radius 1 is 0.815 bits per heavy atom.